The summed E-state index contributed by atoms with van der Waals surface area (Å²) in [4.78, 5) is 14.2. The highest BCUT2D eigenvalue weighted by atomic mass is 16.5. The summed E-state index contributed by atoms with van der Waals surface area (Å²) in [6.07, 6.45) is 2.43. The van der Waals surface area contributed by atoms with Gasteiger partial charge in [-0.2, -0.15) is 5.26 Å². The molecule has 2 atom stereocenters. The van der Waals surface area contributed by atoms with Crippen molar-refractivity contribution in [3.05, 3.63) is 29.8 Å². The Labute approximate surface area is 112 Å². The zero-order chi connectivity index (χ0) is 13.2. The number of para-hydroxylation sites is 1. The molecule has 0 aromatic heterocycles. The van der Waals surface area contributed by atoms with Crippen LogP contribution >= 0.6 is 0 Å². The first-order chi connectivity index (χ1) is 9.29. The minimum atomic E-state index is -0.246. The molecule has 1 fully saturated rings. The molecule has 2 unspecified atom stereocenters. The molecule has 3 rings (SSSR count). The van der Waals surface area contributed by atoms with Gasteiger partial charge in [0.2, 0.25) is 5.91 Å². The monoisotopic (exact) mass is 256 g/mol. The van der Waals surface area contributed by atoms with Crippen molar-refractivity contribution in [2.75, 3.05) is 13.2 Å². The van der Waals surface area contributed by atoms with Crippen molar-refractivity contribution >= 4 is 5.91 Å². The Morgan fingerprint density at radius 2 is 2.26 bits per heavy atom. The van der Waals surface area contributed by atoms with Crippen LogP contribution in [0.4, 0.5) is 0 Å². The van der Waals surface area contributed by atoms with Crippen LogP contribution in [0.15, 0.2) is 24.3 Å². The van der Waals surface area contributed by atoms with Crippen LogP contribution in [0.2, 0.25) is 0 Å². The molecule has 0 radical (unpaired) electrons. The van der Waals surface area contributed by atoms with Crippen LogP contribution in [0.5, 0.6) is 5.75 Å². The van der Waals surface area contributed by atoms with Crippen molar-refractivity contribution in [3.8, 4) is 11.8 Å². The van der Waals surface area contributed by atoms with Gasteiger partial charge in [0, 0.05) is 6.54 Å². The number of nitrogens with zero attached hydrogens (tertiary/aromatic N) is 2. The molecule has 98 valence electrons. The minimum Gasteiger partial charge on any atom is -0.492 e. The standard InChI is InChI=1S/C15H16N2O2/c16-9-13-5-3-7-17(13)15(18)12-8-11-4-1-2-6-14(11)19-10-12/h1-2,4,6,12-13H,3,5,7-8,10H2. The largest absolute Gasteiger partial charge is 0.492 e. The predicted molar refractivity (Wildman–Crippen MR) is 69.5 cm³/mol. The summed E-state index contributed by atoms with van der Waals surface area (Å²) in [5, 5.41) is 9.07. The molecule has 1 aromatic carbocycles. The lowest BCUT2D eigenvalue weighted by Crippen LogP contribution is -2.42. The average Bonchev–Trinajstić information content (AvgIpc) is 2.94. The summed E-state index contributed by atoms with van der Waals surface area (Å²) in [5.74, 6) is 0.798. The Kier molecular flexibility index (Phi) is 3.12. The first kappa shape index (κ1) is 12.0. The minimum absolute atomic E-state index is 0.0681. The maximum atomic E-state index is 12.5. The number of hydrogen-bond donors (Lipinski definition) is 0. The maximum Gasteiger partial charge on any atom is 0.230 e. The van der Waals surface area contributed by atoms with Gasteiger partial charge in [-0.25, -0.2) is 0 Å². The van der Waals surface area contributed by atoms with Crippen molar-refractivity contribution in [2.24, 2.45) is 5.92 Å². The van der Waals surface area contributed by atoms with Gasteiger partial charge in [0.15, 0.2) is 0 Å². The Hall–Kier alpha value is -2.02. The van der Waals surface area contributed by atoms with Gasteiger partial charge < -0.3 is 9.64 Å². The van der Waals surface area contributed by atoms with E-state index in [1.165, 1.54) is 0 Å². The molecule has 0 aliphatic carbocycles. The Morgan fingerprint density at radius 3 is 3.11 bits per heavy atom. The fraction of sp³-hybridized carbons (Fsp3) is 0.467. The van der Waals surface area contributed by atoms with Crippen LogP contribution in [0.3, 0.4) is 0 Å². The van der Waals surface area contributed by atoms with E-state index in [4.69, 9.17) is 10.00 Å². The fourth-order valence-corrected chi connectivity index (χ4v) is 2.89. The molecule has 1 aromatic rings. The topological polar surface area (TPSA) is 53.3 Å². The summed E-state index contributed by atoms with van der Waals surface area (Å²) in [6.45, 7) is 1.12. The first-order valence-corrected chi connectivity index (χ1v) is 6.70. The molecule has 19 heavy (non-hydrogen) atoms. The third-order valence-corrected chi connectivity index (χ3v) is 3.91. The van der Waals surface area contributed by atoms with Crippen molar-refractivity contribution in [3.63, 3.8) is 0 Å². The van der Waals surface area contributed by atoms with Crippen LogP contribution in [0.1, 0.15) is 18.4 Å². The number of carbonyl (C=O) groups excluding carboxylic acids is 1. The number of carbonyl (C=O) groups is 1. The van der Waals surface area contributed by atoms with Crippen LogP contribution < -0.4 is 4.74 Å². The van der Waals surface area contributed by atoms with E-state index in [1.54, 1.807) is 4.90 Å². The van der Waals surface area contributed by atoms with Crippen molar-refractivity contribution in [1.82, 2.24) is 4.90 Å². The molecule has 0 N–H and O–H groups in total. The molecule has 2 heterocycles. The molecule has 0 bridgehead atoms. The maximum absolute atomic E-state index is 12.5. The van der Waals surface area contributed by atoms with Crippen LogP contribution in [0, 0.1) is 17.2 Å². The highest BCUT2D eigenvalue weighted by Gasteiger charge is 2.35. The number of amides is 1. The van der Waals surface area contributed by atoms with Crippen LogP contribution in [-0.2, 0) is 11.2 Å². The fourth-order valence-electron chi connectivity index (χ4n) is 2.89. The lowest BCUT2D eigenvalue weighted by atomic mass is 9.95. The Morgan fingerprint density at radius 1 is 1.42 bits per heavy atom. The molecule has 1 amide bonds. The van der Waals surface area contributed by atoms with E-state index in [1.807, 2.05) is 24.3 Å². The normalized spacial score (nSPS) is 25.3. The second kappa shape index (κ2) is 4.93. The number of fused-ring (bicyclic) bond motifs is 1. The van der Waals surface area contributed by atoms with E-state index < -0.39 is 0 Å². The number of hydrogen-bond acceptors (Lipinski definition) is 3. The zero-order valence-corrected chi connectivity index (χ0v) is 10.7. The van der Waals surface area contributed by atoms with Crippen LogP contribution in [0.25, 0.3) is 0 Å². The second-order valence-corrected chi connectivity index (χ2v) is 5.14. The summed E-state index contributed by atoms with van der Waals surface area (Å²) >= 11 is 0. The molecule has 0 spiro atoms. The molecule has 4 heteroatoms. The van der Waals surface area contributed by atoms with E-state index >= 15 is 0 Å². The van der Waals surface area contributed by atoms with Gasteiger partial charge in [-0.1, -0.05) is 18.2 Å². The third kappa shape index (κ3) is 2.17. The molecular formula is C15H16N2O2. The number of benzene rings is 1. The smallest absolute Gasteiger partial charge is 0.230 e. The van der Waals surface area contributed by atoms with Gasteiger partial charge in [0.1, 0.15) is 18.4 Å². The lowest BCUT2D eigenvalue weighted by Gasteiger charge is -2.29. The van der Waals surface area contributed by atoms with Gasteiger partial charge in [-0.3, -0.25) is 4.79 Å². The van der Waals surface area contributed by atoms with Crippen molar-refractivity contribution in [2.45, 2.75) is 25.3 Å². The summed E-state index contributed by atoms with van der Waals surface area (Å²) in [5.41, 5.74) is 1.08. The average molecular weight is 256 g/mol. The van der Waals surface area contributed by atoms with Crippen molar-refractivity contribution < 1.29 is 9.53 Å². The van der Waals surface area contributed by atoms with E-state index in [9.17, 15) is 4.79 Å². The number of ether oxygens (including phenoxy) is 1. The van der Waals surface area contributed by atoms with E-state index in [0.717, 1.165) is 24.2 Å². The summed E-state index contributed by atoms with van der Waals surface area (Å²) in [7, 11) is 0. The van der Waals surface area contributed by atoms with E-state index in [-0.39, 0.29) is 17.9 Å². The first-order valence-electron chi connectivity index (χ1n) is 6.70. The molecular weight excluding hydrogens is 240 g/mol. The SMILES string of the molecule is N#CC1CCCN1C(=O)C1COc2ccccc2C1. The summed E-state index contributed by atoms with van der Waals surface area (Å²) < 4.78 is 5.66. The molecule has 2 aliphatic rings. The summed E-state index contributed by atoms with van der Waals surface area (Å²) in [6, 6.07) is 9.81. The van der Waals surface area contributed by atoms with Crippen LogP contribution in [-0.4, -0.2) is 30.0 Å². The molecule has 4 nitrogen and oxygen atoms in total. The third-order valence-electron chi connectivity index (χ3n) is 3.91. The highest BCUT2D eigenvalue weighted by molar-refractivity contribution is 5.80. The number of nitriles is 1. The molecule has 2 aliphatic heterocycles. The zero-order valence-electron chi connectivity index (χ0n) is 10.7. The van der Waals surface area contributed by atoms with Gasteiger partial charge in [0.05, 0.1) is 12.0 Å². The molecule has 1 saturated heterocycles. The van der Waals surface area contributed by atoms with E-state index in [0.29, 0.717) is 19.6 Å². The van der Waals surface area contributed by atoms with Gasteiger partial charge >= 0.3 is 0 Å². The number of rotatable bonds is 1. The number of likely N-dealkylation sites (tertiary alicyclic amines) is 1. The van der Waals surface area contributed by atoms with Gasteiger partial charge in [0.25, 0.3) is 0 Å². The molecule has 0 saturated carbocycles. The Balaban J connectivity index is 1.75. The quantitative estimate of drug-likeness (QED) is 0.769. The van der Waals surface area contributed by atoms with Crippen molar-refractivity contribution in [1.29, 1.82) is 5.26 Å². The Bertz CT molecular complexity index is 535. The van der Waals surface area contributed by atoms with Gasteiger partial charge in [-0.05, 0) is 30.9 Å². The lowest BCUT2D eigenvalue weighted by molar-refractivity contribution is -0.136. The predicted octanol–water partition coefficient (Wildman–Crippen LogP) is 1.75. The van der Waals surface area contributed by atoms with E-state index in [2.05, 4.69) is 6.07 Å². The second-order valence-electron chi connectivity index (χ2n) is 5.14. The highest BCUT2D eigenvalue weighted by Crippen LogP contribution is 2.29. The van der Waals surface area contributed by atoms with Gasteiger partial charge in [-0.15, -0.1) is 0 Å².